The Kier molecular flexibility index (Phi) is 3.83. The summed E-state index contributed by atoms with van der Waals surface area (Å²) >= 11 is 3.46. The molecule has 1 heterocycles. The Bertz CT molecular complexity index is 836. The average Bonchev–Trinajstić information content (AvgIpc) is 2.88. The van der Waals surface area contributed by atoms with Crippen LogP contribution in [0.15, 0.2) is 63.3 Å². The van der Waals surface area contributed by atoms with Crippen LogP contribution in [-0.4, -0.2) is 22.5 Å². The number of aromatic hydroxyl groups is 1. The summed E-state index contributed by atoms with van der Waals surface area (Å²) in [5, 5.41) is 18.7. The van der Waals surface area contributed by atoms with E-state index in [9.17, 15) is 5.11 Å². The van der Waals surface area contributed by atoms with Crippen molar-refractivity contribution in [1.82, 2.24) is 4.98 Å². The fourth-order valence-corrected chi connectivity index (χ4v) is 2.37. The van der Waals surface area contributed by atoms with Crippen molar-refractivity contribution in [3.8, 4) is 5.75 Å². The van der Waals surface area contributed by atoms with E-state index in [4.69, 9.17) is 0 Å². The number of hydrogen-bond acceptors (Lipinski definition) is 3. The summed E-state index contributed by atoms with van der Waals surface area (Å²) in [5.41, 5.74) is 2.64. The fraction of sp³-hybridized carbons (Fsp3) is 0. The van der Waals surface area contributed by atoms with Crippen LogP contribution in [0.4, 0.5) is 0 Å². The van der Waals surface area contributed by atoms with Crippen LogP contribution in [0.5, 0.6) is 5.75 Å². The molecule has 0 aliphatic carbocycles. The number of benzene rings is 2. The van der Waals surface area contributed by atoms with Crippen LogP contribution in [0.1, 0.15) is 11.1 Å². The molecular formula is C16H12BrN3O. The van der Waals surface area contributed by atoms with Gasteiger partial charge in [0, 0.05) is 32.7 Å². The van der Waals surface area contributed by atoms with Crippen LogP contribution < -0.4 is 0 Å². The molecule has 0 saturated heterocycles. The Morgan fingerprint density at radius 1 is 1.00 bits per heavy atom. The van der Waals surface area contributed by atoms with Gasteiger partial charge in [-0.15, -0.1) is 0 Å². The van der Waals surface area contributed by atoms with Crippen LogP contribution >= 0.6 is 15.9 Å². The zero-order valence-electron chi connectivity index (χ0n) is 11.0. The SMILES string of the molecule is Oc1ccccc1/C=N\N=C\c1c[nH]c2ccc(Br)cc12. The van der Waals surface area contributed by atoms with Crippen molar-refractivity contribution < 1.29 is 5.11 Å². The van der Waals surface area contributed by atoms with Gasteiger partial charge in [-0.25, -0.2) is 0 Å². The minimum atomic E-state index is 0.187. The van der Waals surface area contributed by atoms with E-state index in [1.54, 1.807) is 24.4 Å². The highest BCUT2D eigenvalue weighted by molar-refractivity contribution is 9.10. The molecule has 0 bridgehead atoms. The number of rotatable bonds is 3. The van der Waals surface area contributed by atoms with E-state index in [-0.39, 0.29) is 5.75 Å². The minimum Gasteiger partial charge on any atom is -0.507 e. The van der Waals surface area contributed by atoms with Crippen LogP contribution in [-0.2, 0) is 0 Å². The molecule has 4 nitrogen and oxygen atoms in total. The predicted octanol–water partition coefficient (Wildman–Crippen LogP) is 4.09. The van der Waals surface area contributed by atoms with Gasteiger partial charge in [0.2, 0.25) is 0 Å². The van der Waals surface area contributed by atoms with Crippen LogP contribution in [0.2, 0.25) is 0 Å². The van der Waals surface area contributed by atoms with Crippen LogP contribution in [0, 0.1) is 0 Å². The van der Waals surface area contributed by atoms with E-state index in [2.05, 4.69) is 31.1 Å². The van der Waals surface area contributed by atoms with Gasteiger partial charge in [-0.05, 0) is 30.3 Å². The normalized spacial score (nSPS) is 11.9. The Balaban J connectivity index is 1.82. The molecule has 0 amide bonds. The molecule has 0 saturated carbocycles. The lowest BCUT2D eigenvalue weighted by Gasteiger charge is -1.94. The number of aromatic nitrogens is 1. The minimum absolute atomic E-state index is 0.187. The van der Waals surface area contributed by atoms with Crippen molar-refractivity contribution in [3.05, 3.63) is 64.3 Å². The van der Waals surface area contributed by atoms with Gasteiger partial charge in [-0.3, -0.25) is 0 Å². The first-order chi connectivity index (χ1) is 10.2. The molecular weight excluding hydrogens is 330 g/mol. The second-order valence-corrected chi connectivity index (χ2v) is 5.40. The standard InChI is InChI=1S/C16H12BrN3O/c17-13-5-6-15-14(7-13)12(8-18-15)10-20-19-9-11-3-1-2-4-16(11)21/h1-10,18,21H/b19-9-,20-10+. The first-order valence-corrected chi connectivity index (χ1v) is 7.14. The highest BCUT2D eigenvalue weighted by Crippen LogP contribution is 2.21. The predicted molar refractivity (Wildman–Crippen MR) is 89.3 cm³/mol. The van der Waals surface area contributed by atoms with Gasteiger partial charge in [-0.1, -0.05) is 28.1 Å². The molecule has 0 aliphatic rings. The van der Waals surface area contributed by atoms with Gasteiger partial charge in [-0.2, -0.15) is 10.2 Å². The van der Waals surface area contributed by atoms with Gasteiger partial charge < -0.3 is 10.1 Å². The number of phenolic OH excluding ortho intramolecular Hbond substituents is 1. The third-order valence-corrected chi connectivity index (χ3v) is 3.57. The molecule has 0 spiro atoms. The Morgan fingerprint density at radius 2 is 1.76 bits per heavy atom. The van der Waals surface area contributed by atoms with E-state index in [1.807, 2.05) is 30.5 Å². The summed E-state index contributed by atoms with van der Waals surface area (Å²) in [6.07, 6.45) is 5.09. The van der Waals surface area contributed by atoms with Crippen LogP contribution in [0.25, 0.3) is 10.9 Å². The van der Waals surface area contributed by atoms with E-state index in [1.165, 1.54) is 6.21 Å². The molecule has 3 rings (SSSR count). The van der Waals surface area contributed by atoms with Crippen molar-refractivity contribution >= 4 is 39.3 Å². The lowest BCUT2D eigenvalue weighted by molar-refractivity contribution is 0.474. The number of hydrogen-bond donors (Lipinski definition) is 2. The Morgan fingerprint density at radius 3 is 2.57 bits per heavy atom. The highest BCUT2D eigenvalue weighted by atomic mass is 79.9. The van der Waals surface area contributed by atoms with Gasteiger partial charge in [0.1, 0.15) is 5.75 Å². The molecule has 0 radical (unpaired) electrons. The Labute approximate surface area is 130 Å². The number of para-hydroxylation sites is 1. The maximum absolute atomic E-state index is 9.61. The summed E-state index contributed by atoms with van der Waals surface area (Å²) in [6.45, 7) is 0. The van der Waals surface area contributed by atoms with Crippen molar-refractivity contribution in [2.75, 3.05) is 0 Å². The highest BCUT2D eigenvalue weighted by Gasteiger charge is 2.01. The molecule has 0 fully saturated rings. The number of fused-ring (bicyclic) bond motifs is 1. The number of aromatic amines is 1. The molecule has 0 aliphatic heterocycles. The molecule has 104 valence electrons. The van der Waals surface area contributed by atoms with Gasteiger partial charge in [0.05, 0.1) is 12.4 Å². The number of nitrogens with one attached hydrogen (secondary N) is 1. The zero-order valence-corrected chi connectivity index (χ0v) is 12.6. The van der Waals surface area contributed by atoms with Crippen molar-refractivity contribution in [1.29, 1.82) is 0 Å². The van der Waals surface area contributed by atoms with Gasteiger partial charge >= 0.3 is 0 Å². The average molecular weight is 342 g/mol. The first kappa shape index (κ1) is 13.6. The fourth-order valence-electron chi connectivity index (χ4n) is 2.01. The monoisotopic (exact) mass is 341 g/mol. The van der Waals surface area contributed by atoms with E-state index in [0.717, 1.165) is 20.9 Å². The molecule has 21 heavy (non-hydrogen) atoms. The molecule has 3 aromatic rings. The third-order valence-electron chi connectivity index (χ3n) is 3.07. The quantitative estimate of drug-likeness (QED) is 0.547. The lowest BCUT2D eigenvalue weighted by atomic mass is 10.2. The van der Waals surface area contributed by atoms with Crippen LogP contribution in [0.3, 0.4) is 0 Å². The topological polar surface area (TPSA) is 60.7 Å². The van der Waals surface area contributed by atoms with E-state index < -0.39 is 0 Å². The molecule has 2 N–H and O–H groups in total. The van der Waals surface area contributed by atoms with Gasteiger partial charge in [0.15, 0.2) is 0 Å². The number of phenols is 1. The number of nitrogens with zero attached hydrogens (tertiary/aromatic N) is 2. The van der Waals surface area contributed by atoms with Crippen molar-refractivity contribution in [3.63, 3.8) is 0 Å². The smallest absolute Gasteiger partial charge is 0.124 e. The maximum Gasteiger partial charge on any atom is 0.124 e. The second kappa shape index (κ2) is 5.93. The Hall–Kier alpha value is -2.40. The molecule has 1 aromatic heterocycles. The summed E-state index contributed by atoms with van der Waals surface area (Å²) in [7, 11) is 0. The van der Waals surface area contributed by atoms with Crippen molar-refractivity contribution in [2.45, 2.75) is 0 Å². The zero-order chi connectivity index (χ0) is 14.7. The summed E-state index contributed by atoms with van der Waals surface area (Å²) in [6, 6.07) is 13.0. The van der Waals surface area contributed by atoms with E-state index >= 15 is 0 Å². The molecule has 0 unspecified atom stereocenters. The summed E-state index contributed by atoms with van der Waals surface area (Å²) in [5.74, 6) is 0.187. The lowest BCUT2D eigenvalue weighted by Crippen LogP contribution is -1.81. The molecule has 2 aromatic carbocycles. The number of H-pyrrole nitrogens is 1. The number of halogens is 1. The maximum atomic E-state index is 9.61. The van der Waals surface area contributed by atoms with Crippen molar-refractivity contribution in [2.24, 2.45) is 10.2 Å². The van der Waals surface area contributed by atoms with E-state index in [0.29, 0.717) is 5.56 Å². The molecule has 5 heteroatoms. The first-order valence-electron chi connectivity index (χ1n) is 6.35. The molecule has 0 atom stereocenters. The second-order valence-electron chi connectivity index (χ2n) is 4.48. The van der Waals surface area contributed by atoms with Gasteiger partial charge in [0.25, 0.3) is 0 Å². The third kappa shape index (κ3) is 3.03. The largest absolute Gasteiger partial charge is 0.507 e. The summed E-state index contributed by atoms with van der Waals surface area (Å²) in [4.78, 5) is 3.18. The summed E-state index contributed by atoms with van der Waals surface area (Å²) < 4.78 is 1.02.